The molecule has 1 aromatic heterocycles. The lowest BCUT2D eigenvalue weighted by Gasteiger charge is -2.28. The van der Waals surface area contributed by atoms with Gasteiger partial charge < -0.3 is 15.7 Å². The second kappa shape index (κ2) is 7.35. The van der Waals surface area contributed by atoms with Gasteiger partial charge in [-0.1, -0.05) is 11.6 Å². The molecule has 3 heterocycles. The first-order chi connectivity index (χ1) is 13.3. The Morgan fingerprint density at radius 3 is 2.93 bits per heavy atom. The number of hydrogen-bond donors (Lipinski definition) is 3. The second-order valence-electron chi connectivity index (χ2n) is 7.09. The van der Waals surface area contributed by atoms with Gasteiger partial charge in [0, 0.05) is 22.5 Å². The monoisotopic (exact) mass is 420 g/mol. The number of aromatic nitrogens is 2. The van der Waals surface area contributed by atoms with Crippen molar-refractivity contribution in [1.29, 1.82) is 0 Å². The highest BCUT2D eigenvalue weighted by molar-refractivity contribution is 7.91. The number of hydrogen-bond acceptors (Lipinski definition) is 7. The van der Waals surface area contributed by atoms with Gasteiger partial charge in [0.25, 0.3) is 0 Å². The quantitative estimate of drug-likeness (QED) is 0.698. The number of halogens is 1. The molecule has 0 spiro atoms. The number of sulfone groups is 1. The predicted molar refractivity (Wildman–Crippen MR) is 110 cm³/mol. The van der Waals surface area contributed by atoms with Crippen molar-refractivity contribution in [2.75, 3.05) is 16.4 Å². The molecule has 1 fully saturated rings. The molecule has 2 unspecified atom stereocenters. The maximum Gasteiger partial charge on any atom is 0.223 e. The van der Waals surface area contributed by atoms with Crippen molar-refractivity contribution in [2.45, 2.75) is 37.3 Å². The number of aliphatic hydroxyl groups excluding tert-OH is 1. The fourth-order valence-corrected chi connectivity index (χ4v) is 5.72. The van der Waals surface area contributed by atoms with E-state index in [2.05, 4.69) is 20.6 Å². The number of benzene rings is 1. The molecule has 9 heteroatoms. The highest BCUT2D eigenvalue weighted by Gasteiger charge is 2.34. The summed E-state index contributed by atoms with van der Waals surface area (Å²) in [7, 11) is -3.14. The van der Waals surface area contributed by atoms with Crippen LogP contribution < -0.4 is 10.6 Å². The van der Waals surface area contributed by atoms with Crippen LogP contribution in [0.3, 0.4) is 0 Å². The molecular formula is C19H21ClN4O3S. The third-order valence-corrected chi connectivity index (χ3v) is 7.56. The summed E-state index contributed by atoms with van der Waals surface area (Å²) in [5, 5.41) is 16.7. The Hall–Kier alpha value is -2.16. The Morgan fingerprint density at radius 2 is 2.18 bits per heavy atom. The normalized spacial score (nSPS) is 24.0. The van der Waals surface area contributed by atoms with Crippen molar-refractivity contribution in [2.24, 2.45) is 0 Å². The first-order valence-electron chi connectivity index (χ1n) is 9.10. The van der Waals surface area contributed by atoms with Gasteiger partial charge in [-0.2, -0.15) is 0 Å². The summed E-state index contributed by atoms with van der Waals surface area (Å²) >= 11 is 6.07. The summed E-state index contributed by atoms with van der Waals surface area (Å²) in [6, 6.07) is 6.77. The van der Waals surface area contributed by atoms with E-state index >= 15 is 0 Å². The van der Waals surface area contributed by atoms with Crippen LogP contribution in [0.4, 0.5) is 11.6 Å². The topological polar surface area (TPSA) is 104 Å². The molecule has 148 valence electrons. The van der Waals surface area contributed by atoms with Crippen LogP contribution in [0.25, 0.3) is 6.08 Å². The fourth-order valence-electron chi connectivity index (χ4n) is 3.66. The lowest BCUT2D eigenvalue weighted by Crippen LogP contribution is -2.34. The minimum absolute atomic E-state index is 0.202. The Kier molecular flexibility index (Phi) is 5.03. The summed E-state index contributed by atoms with van der Waals surface area (Å²) in [6.07, 6.45) is 3.81. The van der Waals surface area contributed by atoms with E-state index in [0.717, 1.165) is 11.3 Å². The molecule has 4 rings (SSSR count). The SMILES string of the molecule is C[C@H](Nc1nccc(C2CCCS2(=O)=O)n1)C1=Cc2cc(Cl)ccc2NC1O. The number of fused-ring (bicyclic) bond motifs is 1. The molecule has 2 aliphatic heterocycles. The number of nitrogens with one attached hydrogen (secondary N) is 2. The molecule has 3 N–H and O–H groups in total. The first kappa shape index (κ1) is 19.2. The van der Waals surface area contributed by atoms with E-state index in [1.807, 2.05) is 25.1 Å². The average Bonchev–Trinajstić information content (AvgIpc) is 3.00. The van der Waals surface area contributed by atoms with Crippen LogP contribution in [-0.4, -0.2) is 41.5 Å². The van der Waals surface area contributed by atoms with Gasteiger partial charge in [0.1, 0.15) is 11.5 Å². The molecule has 0 bridgehead atoms. The van der Waals surface area contributed by atoms with Gasteiger partial charge in [0.15, 0.2) is 9.84 Å². The molecule has 1 aromatic carbocycles. The summed E-state index contributed by atoms with van der Waals surface area (Å²) < 4.78 is 24.4. The molecule has 3 atom stereocenters. The summed E-state index contributed by atoms with van der Waals surface area (Å²) in [5.74, 6) is 0.533. The van der Waals surface area contributed by atoms with Gasteiger partial charge in [0.2, 0.25) is 5.95 Å². The molecule has 0 radical (unpaired) electrons. The zero-order valence-corrected chi connectivity index (χ0v) is 16.8. The van der Waals surface area contributed by atoms with Crippen LogP contribution in [0.2, 0.25) is 5.02 Å². The van der Waals surface area contributed by atoms with E-state index in [9.17, 15) is 13.5 Å². The highest BCUT2D eigenvalue weighted by atomic mass is 35.5. The summed E-state index contributed by atoms with van der Waals surface area (Å²) in [6.45, 7) is 1.88. The third kappa shape index (κ3) is 3.72. The second-order valence-corrected chi connectivity index (χ2v) is 9.83. The number of anilines is 2. The molecule has 1 saturated heterocycles. The number of nitrogens with zero attached hydrogens (tertiary/aromatic N) is 2. The minimum atomic E-state index is -3.14. The smallest absolute Gasteiger partial charge is 0.223 e. The van der Waals surface area contributed by atoms with Gasteiger partial charge in [-0.15, -0.1) is 0 Å². The maximum atomic E-state index is 12.2. The highest BCUT2D eigenvalue weighted by Crippen LogP contribution is 2.34. The molecule has 0 aliphatic carbocycles. The van der Waals surface area contributed by atoms with E-state index < -0.39 is 21.3 Å². The van der Waals surface area contributed by atoms with E-state index in [0.29, 0.717) is 35.1 Å². The molecule has 0 amide bonds. The van der Waals surface area contributed by atoms with Gasteiger partial charge in [0.05, 0.1) is 17.5 Å². The van der Waals surface area contributed by atoms with Gasteiger partial charge in [-0.3, -0.25) is 0 Å². The Labute approximate surface area is 168 Å². The van der Waals surface area contributed by atoms with Crippen molar-refractivity contribution in [3.63, 3.8) is 0 Å². The van der Waals surface area contributed by atoms with Crippen LogP contribution in [0.15, 0.2) is 36.0 Å². The lowest BCUT2D eigenvalue weighted by molar-refractivity contribution is 0.234. The van der Waals surface area contributed by atoms with Crippen LogP contribution in [0, 0.1) is 0 Å². The van der Waals surface area contributed by atoms with E-state index in [-0.39, 0.29) is 11.8 Å². The minimum Gasteiger partial charge on any atom is -0.370 e. The molecule has 0 saturated carbocycles. The standard InChI is InChI=1S/C19H21ClN4O3S/c1-11(14-10-12-9-13(20)4-5-15(12)23-18(14)25)22-19-21-7-6-16(24-19)17-3-2-8-28(17,26)27/h4-7,9-11,17-18,23,25H,2-3,8H2,1H3,(H,21,22,24)/t11-,17?,18?/m0/s1. The fraction of sp³-hybridized carbons (Fsp3) is 0.368. The van der Waals surface area contributed by atoms with Crippen molar-refractivity contribution in [3.8, 4) is 0 Å². The maximum absolute atomic E-state index is 12.2. The van der Waals surface area contributed by atoms with Crippen LogP contribution in [0.1, 0.15) is 36.3 Å². The largest absolute Gasteiger partial charge is 0.370 e. The summed E-state index contributed by atoms with van der Waals surface area (Å²) in [5.41, 5.74) is 2.90. The molecular weight excluding hydrogens is 400 g/mol. The zero-order chi connectivity index (χ0) is 19.9. The number of aliphatic hydroxyl groups is 1. The van der Waals surface area contributed by atoms with Crippen molar-refractivity contribution < 1.29 is 13.5 Å². The predicted octanol–water partition coefficient (Wildman–Crippen LogP) is 3.01. The van der Waals surface area contributed by atoms with Crippen LogP contribution in [0.5, 0.6) is 0 Å². The van der Waals surface area contributed by atoms with E-state index in [1.54, 1.807) is 18.3 Å². The average molecular weight is 421 g/mol. The molecule has 2 aromatic rings. The number of rotatable bonds is 4. The van der Waals surface area contributed by atoms with Crippen molar-refractivity contribution in [1.82, 2.24) is 9.97 Å². The lowest BCUT2D eigenvalue weighted by atomic mass is 9.98. The first-order valence-corrected chi connectivity index (χ1v) is 11.2. The molecule has 7 nitrogen and oxygen atoms in total. The van der Waals surface area contributed by atoms with E-state index in [1.165, 1.54) is 0 Å². The van der Waals surface area contributed by atoms with Gasteiger partial charge in [-0.25, -0.2) is 18.4 Å². The van der Waals surface area contributed by atoms with Crippen LogP contribution >= 0.6 is 11.6 Å². The molecule has 2 aliphatic rings. The Morgan fingerprint density at radius 1 is 1.36 bits per heavy atom. The van der Waals surface area contributed by atoms with Gasteiger partial charge in [-0.05, 0) is 55.7 Å². The zero-order valence-electron chi connectivity index (χ0n) is 15.3. The molecule has 28 heavy (non-hydrogen) atoms. The summed E-state index contributed by atoms with van der Waals surface area (Å²) in [4.78, 5) is 8.63. The third-order valence-electron chi connectivity index (χ3n) is 5.13. The Balaban J connectivity index is 1.57. The van der Waals surface area contributed by atoms with Crippen molar-refractivity contribution in [3.05, 3.63) is 52.3 Å². The Bertz CT molecular complexity index is 1040. The van der Waals surface area contributed by atoms with Gasteiger partial charge >= 0.3 is 0 Å². The van der Waals surface area contributed by atoms with Crippen molar-refractivity contribution >= 4 is 39.1 Å². The van der Waals surface area contributed by atoms with E-state index in [4.69, 9.17) is 11.6 Å². The van der Waals surface area contributed by atoms with Crippen LogP contribution in [-0.2, 0) is 9.84 Å².